The van der Waals surface area contributed by atoms with Gasteiger partial charge >= 0.3 is 0 Å². The Kier molecular flexibility index (Phi) is 2.72. The van der Waals surface area contributed by atoms with Gasteiger partial charge < -0.3 is 4.74 Å². The van der Waals surface area contributed by atoms with Crippen LogP contribution < -0.4 is 10.3 Å². The number of aromatic nitrogens is 3. The van der Waals surface area contributed by atoms with Crippen LogP contribution in [-0.4, -0.2) is 21.5 Å². The number of aromatic amines is 1. The molecule has 0 aliphatic rings. The molecule has 0 aliphatic carbocycles. The average molecular weight is 291 g/mol. The van der Waals surface area contributed by atoms with Crippen molar-refractivity contribution in [3.05, 3.63) is 65.2 Å². The number of rotatable bonds is 2. The summed E-state index contributed by atoms with van der Waals surface area (Å²) < 4.78 is 7.22. The van der Waals surface area contributed by atoms with Crippen LogP contribution in [0.1, 0.15) is 0 Å². The van der Waals surface area contributed by atoms with Gasteiger partial charge in [-0.25, -0.2) is 4.98 Å². The summed E-state index contributed by atoms with van der Waals surface area (Å²) in [5, 5.41) is 2.10. The number of hydrogen-bond donors (Lipinski definition) is 1. The third-order valence-electron chi connectivity index (χ3n) is 3.73. The lowest BCUT2D eigenvalue weighted by Crippen LogP contribution is -2.05. The van der Waals surface area contributed by atoms with Crippen molar-refractivity contribution in [3.63, 3.8) is 0 Å². The lowest BCUT2D eigenvalue weighted by molar-refractivity contribution is 0.420. The largest absolute Gasteiger partial charge is 0.496 e. The molecule has 0 saturated heterocycles. The number of benzene rings is 2. The number of nitrogens with zero attached hydrogens (tertiary/aromatic N) is 2. The molecule has 0 aliphatic heterocycles. The zero-order valence-corrected chi connectivity index (χ0v) is 11.9. The Morgan fingerprint density at radius 1 is 1.09 bits per heavy atom. The molecule has 2 aromatic carbocycles. The molecule has 22 heavy (non-hydrogen) atoms. The minimum Gasteiger partial charge on any atom is -0.496 e. The summed E-state index contributed by atoms with van der Waals surface area (Å²) in [4.78, 5) is 18.6. The maximum atomic E-state index is 11.4. The Hall–Kier alpha value is -3.08. The summed E-state index contributed by atoms with van der Waals surface area (Å²) >= 11 is 0. The highest BCUT2D eigenvalue weighted by Gasteiger charge is 2.11. The molecule has 2 aromatic heterocycles. The van der Waals surface area contributed by atoms with E-state index in [1.807, 2.05) is 42.6 Å². The first kappa shape index (κ1) is 12.6. The third kappa shape index (κ3) is 1.87. The van der Waals surface area contributed by atoms with Crippen molar-refractivity contribution < 1.29 is 4.74 Å². The predicted octanol–water partition coefficient (Wildman–Crippen LogP) is 2.85. The molecule has 0 unspecified atom stereocenters. The zero-order valence-electron chi connectivity index (χ0n) is 11.9. The number of H-pyrrole nitrogens is 1. The van der Waals surface area contributed by atoms with E-state index in [1.165, 1.54) is 6.07 Å². The van der Waals surface area contributed by atoms with Gasteiger partial charge in [-0.1, -0.05) is 24.3 Å². The zero-order chi connectivity index (χ0) is 15.1. The first-order chi connectivity index (χ1) is 10.8. The summed E-state index contributed by atoms with van der Waals surface area (Å²) in [6.07, 6.45) is 3.61. The SMILES string of the molecule is COc1ccc(-c2cn3ccc(=O)[nH]c3n2)c2ccccc12. The molecule has 108 valence electrons. The van der Waals surface area contributed by atoms with Crippen LogP contribution in [0.2, 0.25) is 0 Å². The number of methoxy groups -OCH3 is 1. The Morgan fingerprint density at radius 2 is 1.91 bits per heavy atom. The fraction of sp³-hybridized carbons (Fsp3) is 0.0588. The normalized spacial score (nSPS) is 11.1. The van der Waals surface area contributed by atoms with Crippen LogP contribution in [0.15, 0.2) is 59.7 Å². The van der Waals surface area contributed by atoms with Crippen molar-refractivity contribution >= 4 is 16.6 Å². The summed E-state index contributed by atoms with van der Waals surface area (Å²) in [5.74, 6) is 1.36. The van der Waals surface area contributed by atoms with Crippen LogP contribution >= 0.6 is 0 Å². The molecule has 4 aromatic rings. The molecule has 2 heterocycles. The standard InChI is InChI=1S/C17H13N3O2/c1-22-15-7-6-12(11-4-2-3-5-13(11)15)14-10-20-9-8-16(21)19-17(20)18-14/h2-10H,1H3,(H,18,19,21). The van der Waals surface area contributed by atoms with Gasteiger partial charge in [-0.3, -0.25) is 14.2 Å². The van der Waals surface area contributed by atoms with Gasteiger partial charge in [0, 0.05) is 29.4 Å². The Bertz CT molecular complexity index is 1050. The number of nitrogens with one attached hydrogen (secondary N) is 1. The van der Waals surface area contributed by atoms with E-state index in [2.05, 4.69) is 9.97 Å². The van der Waals surface area contributed by atoms with Crippen LogP contribution in [0, 0.1) is 0 Å². The maximum Gasteiger partial charge on any atom is 0.252 e. The summed E-state index contributed by atoms with van der Waals surface area (Å²) in [6, 6.07) is 13.4. The van der Waals surface area contributed by atoms with Crippen molar-refractivity contribution in [3.8, 4) is 17.0 Å². The van der Waals surface area contributed by atoms with Crippen molar-refractivity contribution in [1.82, 2.24) is 14.4 Å². The van der Waals surface area contributed by atoms with Crippen LogP contribution in [0.3, 0.4) is 0 Å². The van der Waals surface area contributed by atoms with E-state index in [0.29, 0.717) is 5.78 Å². The highest BCUT2D eigenvalue weighted by molar-refractivity contribution is 5.99. The molecule has 0 bridgehead atoms. The lowest BCUT2D eigenvalue weighted by atomic mass is 10.0. The van der Waals surface area contributed by atoms with Gasteiger partial charge in [-0.05, 0) is 17.5 Å². The van der Waals surface area contributed by atoms with E-state index in [4.69, 9.17) is 4.74 Å². The molecule has 0 saturated carbocycles. The molecule has 0 amide bonds. The monoisotopic (exact) mass is 291 g/mol. The fourth-order valence-electron chi connectivity index (χ4n) is 2.70. The number of fused-ring (bicyclic) bond motifs is 2. The van der Waals surface area contributed by atoms with Crippen LogP contribution in [0.25, 0.3) is 27.8 Å². The second-order valence-corrected chi connectivity index (χ2v) is 5.02. The van der Waals surface area contributed by atoms with Gasteiger partial charge in [-0.15, -0.1) is 0 Å². The third-order valence-corrected chi connectivity index (χ3v) is 3.73. The molecule has 0 atom stereocenters. The van der Waals surface area contributed by atoms with Crippen molar-refractivity contribution in [2.45, 2.75) is 0 Å². The van der Waals surface area contributed by atoms with Gasteiger partial charge in [0.2, 0.25) is 5.78 Å². The van der Waals surface area contributed by atoms with Crippen LogP contribution in [-0.2, 0) is 0 Å². The molecular weight excluding hydrogens is 278 g/mol. The second-order valence-electron chi connectivity index (χ2n) is 5.02. The first-order valence-corrected chi connectivity index (χ1v) is 6.90. The number of imidazole rings is 1. The molecular formula is C17H13N3O2. The maximum absolute atomic E-state index is 11.4. The summed E-state index contributed by atoms with van der Waals surface area (Å²) in [6.45, 7) is 0. The predicted molar refractivity (Wildman–Crippen MR) is 85.3 cm³/mol. The molecule has 0 spiro atoms. The number of ether oxygens (including phenoxy) is 1. The van der Waals surface area contributed by atoms with Crippen molar-refractivity contribution in [2.24, 2.45) is 0 Å². The molecule has 0 fully saturated rings. The van der Waals surface area contributed by atoms with Crippen LogP contribution in [0.5, 0.6) is 5.75 Å². The minimum absolute atomic E-state index is 0.163. The van der Waals surface area contributed by atoms with Gasteiger partial charge in [0.1, 0.15) is 5.75 Å². The Labute approximate surface area is 125 Å². The van der Waals surface area contributed by atoms with E-state index in [0.717, 1.165) is 27.8 Å². The average Bonchev–Trinajstić information content (AvgIpc) is 2.96. The van der Waals surface area contributed by atoms with Crippen molar-refractivity contribution in [2.75, 3.05) is 7.11 Å². The second kappa shape index (κ2) is 4.73. The lowest BCUT2D eigenvalue weighted by Gasteiger charge is -2.08. The Balaban J connectivity index is 2.02. The highest BCUT2D eigenvalue weighted by atomic mass is 16.5. The first-order valence-electron chi connectivity index (χ1n) is 6.90. The van der Waals surface area contributed by atoms with E-state index >= 15 is 0 Å². The molecule has 0 radical (unpaired) electrons. The van der Waals surface area contributed by atoms with E-state index in [9.17, 15) is 4.79 Å². The highest BCUT2D eigenvalue weighted by Crippen LogP contribution is 2.33. The topological polar surface area (TPSA) is 59.4 Å². The number of hydrogen-bond acceptors (Lipinski definition) is 3. The smallest absolute Gasteiger partial charge is 0.252 e. The molecule has 5 nitrogen and oxygen atoms in total. The molecule has 4 rings (SSSR count). The van der Waals surface area contributed by atoms with E-state index in [-0.39, 0.29) is 5.56 Å². The summed E-state index contributed by atoms with van der Waals surface area (Å²) in [7, 11) is 1.66. The molecule has 1 N–H and O–H groups in total. The minimum atomic E-state index is -0.163. The Morgan fingerprint density at radius 3 is 2.73 bits per heavy atom. The van der Waals surface area contributed by atoms with Gasteiger partial charge in [0.05, 0.1) is 12.8 Å². The van der Waals surface area contributed by atoms with Crippen molar-refractivity contribution in [1.29, 1.82) is 0 Å². The summed E-state index contributed by atoms with van der Waals surface area (Å²) in [5.41, 5.74) is 1.64. The van der Waals surface area contributed by atoms with E-state index < -0.39 is 0 Å². The van der Waals surface area contributed by atoms with Gasteiger partial charge in [0.25, 0.3) is 5.56 Å². The van der Waals surface area contributed by atoms with Crippen LogP contribution in [0.4, 0.5) is 0 Å². The fourth-order valence-corrected chi connectivity index (χ4v) is 2.70. The quantitative estimate of drug-likeness (QED) is 0.618. The molecule has 5 heteroatoms. The van der Waals surface area contributed by atoms with Gasteiger partial charge in [-0.2, -0.15) is 0 Å². The van der Waals surface area contributed by atoms with Gasteiger partial charge in [0.15, 0.2) is 0 Å². The van der Waals surface area contributed by atoms with E-state index in [1.54, 1.807) is 17.7 Å².